The van der Waals surface area contributed by atoms with Gasteiger partial charge in [-0.05, 0) is 47.4 Å². The Morgan fingerprint density at radius 1 is 1.16 bits per heavy atom. The Bertz CT molecular complexity index is 1350. The van der Waals surface area contributed by atoms with Crippen molar-refractivity contribution in [1.82, 2.24) is 15.2 Å². The standard InChI is InChI=1S/C28H30FN3O6/c1-4-23(26(35)31-24(14-25(33)34)28(16-29,37-2)38-3)32-15-20-8-7-18(13-21(20)27(32)36)17-9-10-22-19(12-17)6-5-11-30-22/h5-13,23-24H,4,14-16H2,1-3H3,(H,31,35)(H,33,34). The van der Waals surface area contributed by atoms with Crippen LogP contribution in [0.4, 0.5) is 4.39 Å². The van der Waals surface area contributed by atoms with E-state index in [9.17, 15) is 23.9 Å². The molecule has 3 aromatic rings. The van der Waals surface area contributed by atoms with Crippen LogP contribution in [0, 0.1) is 0 Å². The van der Waals surface area contributed by atoms with Gasteiger partial charge >= 0.3 is 5.97 Å². The Hall–Kier alpha value is -3.89. The van der Waals surface area contributed by atoms with Gasteiger partial charge in [-0.15, -0.1) is 0 Å². The fourth-order valence-corrected chi connectivity index (χ4v) is 4.89. The largest absolute Gasteiger partial charge is 0.481 e. The molecule has 1 aliphatic heterocycles. The number of rotatable bonds is 11. The molecule has 1 aliphatic rings. The lowest BCUT2D eigenvalue weighted by atomic mass is 9.99. The summed E-state index contributed by atoms with van der Waals surface area (Å²) in [5.74, 6) is -4.17. The number of amides is 2. The Morgan fingerprint density at radius 3 is 2.53 bits per heavy atom. The van der Waals surface area contributed by atoms with Crippen LogP contribution < -0.4 is 5.32 Å². The van der Waals surface area contributed by atoms with Crippen molar-refractivity contribution in [1.29, 1.82) is 0 Å². The van der Waals surface area contributed by atoms with Crippen molar-refractivity contribution in [2.45, 2.75) is 44.2 Å². The molecule has 0 saturated heterocycles. The van der Waals surface area contributed by atoms with Crippen LogP contribution in [0.1, 0.15) is 35.7 Å². The minimum Gasteiger partial charge on any atom is -0.481 e. The SMILES string of the molecule is CCC(C(=O)NC(CC(=O)O)C(CF)(OC)OC)N1Cc2ccc(-c3ccc4ncccc4c3)cc2C1=O. The second-order valence-electron chi connectivity index (χ2n) is 9.15. The zero-order valence-electron chi connectivity index (χ0n) is 21.4. The van der Waals surface area contributed by atoms with E-state index >= 15 is 0 Å². The summed E-state index contributed by atoms with van der Waals surface area (Å²) >= 11 is 0. The minimum absolute atomic E-state index is 0.217. The number of hydrogen-bond acceptors (Lipinski definition) is 6. The molecule has 2 N–H and O–H groups in total. The third kappa shape index (κ3) is 5.09. The minimum atomic E-state index is -1.98. The molecule has 9 nitrogen and oxygen atoms in total. The van der Waals surface area contributed by atoms with Crippen LogP contribution in [0.25, 0.3) is 22.0 Å². The first-order chi connectivity index (χ1) is 18.3. The second kappa shape index (κ2) is 11.2. The van der Waals surface area contributed by atoms with Crippen molar-refractivity contribution in [3.8, 4) is 11.1 Å². The highest BCUT2D eigenvalue weighted by atomic mass is 19.1. The number of carboxylic acid groups (broad SMARTS) is 1. The number of methoxy groups -OCH3 is 2. The van der Waals surface area contributed by atoms with Gasteiger partial charge in [-0.25, -0.2) is 4.39 Å². The number of alkyl halides is 1. The number of benzene rings is 2. The molecule has 0 aliphatic carbocycles. The van der Waals surface area contributed by atoms with Gasteiger partial charge in [0.2, 0.25) is 11.7 Å². The smallest absolute Gasteiger partial charge is 0.305 e. The first-order valence-corrected chi connectivity index (χ1v) is 12.2. The van der Waals surface area contributed by atoms with E-state index in [4.69, 9.17) is 9.47 Å². The maximum absolute atomic E-state index is 13.9. The molecule has 0 radical (unpaired) electrons. The van der Waals surface area contributed by atoms with Crippen LogP contribution in [-0.4, -0.2) is 71.5 Å². The van der Waals surface area contributed by atoms with Crippen molar-refractivity contribution in [2.75, 3.05) is 20.9 Å². The van der Waals surface area contributed by atoms with E-state index in [2.05, 4.69) is 10.3 Å². The van der Waals surface area contributed by atoms with Gasteiger partial charge in [0, 0.05) is 37.9 Å². The third-order valence-electron chi connectivity index (χ3n) is 7.05. The van der Waals surface area contributed by atoms with Gasteiger partial charge < -0.3 is 24.8 Å². The molecule has 2 atom stereocenters. The quantitative estimate of drug-likeness (QED) is 0.369. The van der Waals surface area contributed by atoms with Gasteiger partial charge in [-0.3, -0.25) is 19.4 Å². The number of nitrogens with zero attached hydrogens (tertiary/aromatic N) is 2. The van der Waals surface area contributed by atoms with Gasteiger partial charge in [0.05, 0.1) is 18.0 Å². The summed E-state index contributed by atoms with van der Waals surface area (Å²) in [6.45, 7) is 0.779. The van der Waals surface area contributed by atoms with Crippen molar-refractivity contribution < 1.29 is 33.4 Å². The van der Waals surface area contributed by atoms with Crippen molar-refractivity contribution >= 4 is 28.7 Å². The Balaban J connectivity index is 1.57. The average molecular weight is 524 g/mol. The van der Waals surface area contributed by atoms with Crippen LogP contribution in [0.3, 0.4) is 0 Å². The van der Waals surface area contributed by atoms with E-state index < -0.39 is 42.8 Å². The summed E-state index contributed by atoms with van der Waals surface area (Å²) in [5, 5.41) is 12.9. The van der Waals surface area contributed by atoms with Crippen LogP contribution in [0.2, 0.25) is 0 Å². The highest BCUT2D eigenvalue weighted by Gasteiger charge is 2.44. The number of pyridine rings is 1. The molecule has 38 heavy (non-hydrogen) atoms. The van der Waals surface area contributed by atoms with E-state index in [1.165, 1.54) is 19.1 Å². The lowest BCUT2D eigenvalue weighted by Crippen LogP contribution is -2.60. The second-order valence-corrected chi connectivity index (χ2v) is 9.15. The van der Waals surface area contributed by atoms with Gasteiger partial charge in [-0.1, -0.05) is 31.2 Å². The number of carbonyl (C=O) groups is 3. The predicted octanol–water partition coefficient (Wildman–Crippen LogP) is 3.55. The van der Waals surface area contributed by atoms with Gasteiger partial charge in [-0.2, -0.15) is 0 Å². The topological polar surface area (TPSA) is 118 Å². The highest BCUT2D eigenvalue weighted by molar-refractivity contribution is 6.02. The van der Waals surface area contributed by atoms with E-state index in [1.807, 2.05) is 48.5 Å². The van der Waals surface area contributed by atoms with Gasteiger partial charge in [0.25, 0.3) is 5.91 Å². The first kappa shape index (κ1) is 27.2. The predicted molar refractivity (Wildman–Crippen MR) is 138 cm³/mol. The number of aromatic nitrogens is 1. The number of aliphatic carboxylic acids is 1. The molecular weight excluding hydrogens is 493 g/mol. The summed E-state index contributed by atoms with van der Waals surface area (Å²) in [7, 11) is 2.34. The maximum atomic E-state index is 13.9. The maximum Gasteiger partial charge on any atom is 0.305 e. The van der Waals surface area contributed by atoms with Crippen LogP contribution >= 0.6 is 0 Å². The Morgan fingerprint density at radius 2 is 1.87 bits per heavy atom. The number of ether oxygens (including phenoxy) is 2. The molecule has 2 amide bonds. The molecule has 1 aromatic heterocycles. The third-order valence-corrected chi connectivity index (χ3v) is 7.05. The van der Waals surface area contributed by atoms with Crippen LogP contribution in [0.5, 0.6) is 0 Å². The summed E-state index contributed by atoms with van der Waals surface area (Å²) in [4.78, 5) is 44.0. The van der Waals surface area contributed by atoms with Gasteiger partial charge in [0.15, 0.2) is 0 Å². The first-order valence-electron chi connectivity index (χ1n) is 12.2. The average Bonchev–Trinajstić information content (AvgIpc) is 3.25. The summed E-state index contributed by atoms with van der Waals surface area (Å²) in [6.07, 6.45) is 1.36. The highest BCUT2D eigenvalue weighted by Crippen LogP contribution is 2.32. The lowest BCUT2D eigenvalue weighted by Gasteiger charge is -2.37. The Labute approximate surface area is 219 Å². The number of carbonyl (C=O) groups excluding carboxylic acids is 2. The number of fused-ring (bicyclic) bond motifs is 2. The normalized spacial score (nSPS) is 14.8. The molecule has 0 fully saturated rings. The molecule has 10 heteroatoms. The Kier molecular flexibility index (Phi) is 8.03. The molecule has 4 rings (SSSR count). The number of carboxylic acids is 1. The van der Waals surface area contributed by atoms with Crippen molar-refractivity contribution in [3.05, 3.63) is 65.9 Å². The molecule has 0 spiro atoms. The lowest BCUT2D eigenvalue weighted by molar-refractivity contribution is -0.234. The summed E-state index contributed by atoms with van der Waals surface area (Å²) < 4.78 is 24.2. The fourth-order valence-electron chi connectivity index (χ4n) is 4.89. The molecular formula is C28H30FN3O6. The molecule has 2 heterocycles. The monoisotopic (exact) mass is 523 g/mol. The van der Waals surface area contributed by atoms with E-state index in [1.54, 1.807) is 13.1 Å². The van der Waals surface area contributed by atoms with Crippen molar-refractivity contribution in [2.24, 2.45) is 0 Å². The van der Waals surface area contributed by atoms with E-state index in [-0.39, 0.29) is 18.9 Å². The summed E-state index contributed by atoms with van der Waals surface area (Å²) in [6, 6.07) is 13.1. The van der Waals surface area contributed by atoms with Crippen LogP contribution in [-0.2, 0) is 25.6 Å². The molecule has 200 valence electrons. The number of hydrogen-bond donors (Lipinski definition) is 2. The molecule has 0 bridgehead atoms. The number of nitrogens with one attached hydrogen (secondary N) is 1. The van der Waals surface area contributed by atoms with E-state index in [0.29, 0.717) is 5.56 Å². The molecule has 2 unspecified atom stereocenters. The zero-order valence-corrected chi connectivity index (χ0v) is 21.4. The van der Waals surface area contributed by atoms with Crippen molar-refractivity contribution in [3.63, 3.8) is 0 Å². The van der Waals surface area contributed by atoms with Gasteiger partial charge in [0.1, 0.15) is 12.7 Å². The summed E-state index contributed by atoms with van der Waals surface area (Å²) in [5.41, 5.74) is 3.94. The fraction of sp³-hybridized carbons (Fsp3) is 0.357. The van der Waals surface area contributed by atoms with Crippen LogP contribution in [0.15, 0.2) is 54.7 Å². The molecule has 0 saturated carbocycles. The van der Waals surface area contributed by atoms with E-state index in [0.717, 1.165) is 27.6 Å². The number of halogens is 1. The molecule has 2 aromatic carbocycles. The zero-order chi connectivity index (χ0) is 27.4.